The Bertz CT molecular complexity index is 569. The molecule has 0 spiro atoms. The Morgan fingerprint density at radius 3 is 2.88 bits per heavy atom. The van der Waals surface area contributed by atoms with E-state index in [1.54, 1.807) is 0 Å². The molecular weight excluding hydrogens is 292 g/mol. The first kappa shape index (κ1) is 11.5. The monoisotopic (exact) mass is 298 g/mol. The first-order valence-electron chi connectivity index (χ1n) is 4.41. The normalized spacial score (nSPS) is 10.2. The predicted octanol–water partition coefficient (Wildman–Crippen LogP) is 0.189. The number of nitrogens with zero attached hydrogens (tertiary/aromatic N) is 5. The summed E-state index contributed by atoms with van der Waals surface area (Å²) >= 11 is 3.15. The third-order valence-corrected chi connectivity index (χ3v) is 2.20. The Kier molecular flexibility index (Phi) is 3.00. The molecule has 2 heterocycles. The van der Waals surface area contributed by atoms with Crippen LogP contribution in [0.1, 0.15) is 10.5 Å². The van der Waals surface area contributed by atoms with Gasteiger partial charge in [0.05, 0.1) is 19.5 Å². The standard InChI is InChI=1S/C8H7BrN6O2/c1-17-8(16)6-7(10)11-3-5(13-6)15-12-2-4(9)14-15/h2-3H,1H3,(H2,10,11). The summed E-state index contributed by atoms with van der Waals surface area (Å²) < 4.78 is 5.07. The van der Waals surface area contributed by atoms with Crippen LogP contribution in [0.5, 0.6) is 0 Å². The molecular formula is C8H7BrN6O2. The molecule has 0 radical (unpaired) electrons. The van der Waals surface area contributed by atoms with Crippen LogP contribution in [0.15, 0.2) is 17.0 Å². The van der Waals surface area contributed by atoms with E-state index in [1.165, 1.54) is 24.3 Å². The van der Waals surface area contributed by atoms with Gasteiger partial charge in [-0.2, -0.15) is 5.10 Å². The number of anilines is 1. The average molecular weight is 299 g/mol. The van der Waals surface area contributed by atoms with Gasteiger partial charge in [0, 0.05) is 0 Å². The minimum Gasteiger partial charge on any atom is -0.464 e. The summed E-state index contributed by atoms with van der Waals surface area (Å²) in [5.74, 6) is -0.403. The van der Waals surface area contributed by atoms with E-state index < -0.39 is 5.97 Å². The van der Waals surface area contributed by atoms with Crippen LogP contribution in [0.25, 0.3) is 5.82 Å². The fourth-order valence-electron chi connectivity index (χ4n) is 1.09. The topological polar surface area (TPSA) is 109 Å². The molecule has 0 aliphatic rings. The molecule has 2 aromatic heterocycles. The third-order valence-electron chi connectivity index (χ3n) is 1.84. The van der Waals surface area contributed by atoms with Gasteiger partial charge in [-0.15, -0.1) is 9.90 Å². The van der Waals surface area contributed by atoms with Crippen LogP contribution in [-0.2, 0) is 4.74 Å². The van der Waals surface area contributed by atoms with Gasteiger partial charge in [0.2, 0.25) is 0 Å². The van der Waals surface area contributed by atoms with Crippen molar-refractivity contribution in [1.82, 2.24) is 25.0 Å². The second kappa shape index (κ2) is 4.45. The SMILES string of the molecule is COC(=O)c1nc(-n2ncc(Br)n2)cnc1N. The predicted molar refractivity (Wildman–Crippen MR) is 60.4 cm³/mol. The van der Waals surface area contributed by atoms with Gasteiger partial charge in [0.1, 0.15) is 4.60 Å². The zero-order valence-electron chi connectivity index (χ0n) is 8.66. The quantitative estimate of drug-likeness (QED) is 0.788. The molecule has 0 saturated heterocycles. The van der Waals surface area contributed by atoms with Gasteiger partial charge in [0.15, 0.2) is 17.3 Å². The van der Waals surface area contributed by atoms with E-state index in [1.807, 2.05) is 0 Å². The van der Waals surface area contributed by atoms with Crippen LogP contribution in [0, 0.1) is 0 Å². The molecule has 88 valence electrons. The number of nitrogen functional groups attached to an aromatic ring is 1. The van der Waals surface area contributed by atoms with Crippen molar-refractivity contribution in [3.05, 3.63) is 22.7 Å². The van der Waals surface area contributed by atoms with E-state index in [4.69, 9.17) is 5.73 Å². The zero-order valence-corrected chi connectivity index (χ0v) is 10.2. The van der Waals surface area contributed by atoms with Crippen LogP contribution in [0.2, 0.25) is 0 Å². The van der Waals surface area contributed by atoms with E-state index in [0.717, 1.165) is 0 Å². The molecule has 2 N–H and O–H groups in total. The van der Waals surface area contributed by atoms with E-state index >= 15 is 0 Å². The minimum atomic E-state index is -0.664. The lowest BCUT2D eigenvalue weighted by Crippen LogP contribution is -2.13. The fraction of sp³-hybridized carbons (Fsp3) is 0.125. The van der Waals surface area contributed by atoms with E-state index in [9.17, 15) is 4.79 Å². The van der Waals surface area contributed by atoms with Crippen molar-refractivity contribution < 1.29 is 9.53 Å². The molecule has 8 nitrogen and oxygen atoms in total. The third kappa shape index (κ3) is 2.23. The van der Waals surface area contributed by atoms with Crippen LogP contribution in [0.4, 0.5) is 5.82 Å². The Balaban J connectivity index is 2.47. The minimum absolute atomic E-state index is 0.00757. The molecule has 0 fully saturated rings. The summed E-state index contributed by atoms with van der Waals surface area (Å²) in [7, 11) is 1.23. The number of ether oxygens (including phenoxy) is 1. The van der Waals surface area contributed by atoms with Crippen molar-refractivity contribution in [2.45, 2.75) is 0 Å². The number of halogens is 1. The second-order valence-corrected chi connectivity index (χ2v) is 3.72. The van der Waals surface area contributed by atoms with Gasteiger partial charge in [-0.25, -0.2) is 14.8 Å². The maximum Gasteiger partial charge on any atom is 0.360 e. The highest BCUT2D eigenvalue weighted by Crippen LogP contribution is 2.10. The highest BCUT2D eigenvalue weighted by atomic mass is 79.9. The highest BCUT2D eigenvalue weighted by Gasteiger charge is 2.15. The number of esters is 1. The number of hydrogen-bond donors (Lipinski definition) is 1. The summed E-state index contributed by atoms with van der Waals surface area (Å²) in [5, 5.41) is 7.87. The Labute approximate surface area is 104 Å². The molecule has 0 aromatic carbocycles. The molecule has 0 aliphatic carbocycles. The molecule has 0 unspecified atom stereocenters. The lowest BCUT2D eigenvalue weighted by molar-refractivity contribution is 0.0595. The maximum absolute atomic E-state index is 11.4. The molecule has 0 atom stereocenters. The van der Waals surface area contributed by atoms with Gasteiger partial charge in [0.25, 0.3) is 0 Å². The smallest absolute Gasteiger partial charge is 0.360 e. The largest absolute Gasteiger partial charge is 0.464 e. The van der Waals surface area contributed by atoms with Gasteiger partial charge in [-0.1, -0.05) is 0 Å². The first-order chi connectivity index (χ1) is 8.11. The Morgan fingerprint density at radius 1 is 1.53 bits per heavy atom. The summed E-state index contributed by atoms with van der Waals surface area (Å²) in [6.07, 6.45) is 2.84. The van der Waals surface area contributed by atoms with E-state index in [2.05, 4.69) is 40.8 Å². The van der Waals surface area contributed by atoms with E-state index in [0.29, 0.717) is 4.60 Å². The van der Waals surface area contributed by atoms with Crippen LogP contribution >= 0.6 is 15.9 Å². The van der Waals surface area contributed by atoms with Crippen molar-refractivity contribution in [2.24, 2.45) is 0 Å². The Hall–Kier alpha value is -2.03. The first-order valence-corrected chi connectivity index (χ1v) is 5.20. The number of methoxy groups -OCH3 is 1. The fourth-order valence-corrected chi connectivity index (χ4v) is 1.33. The lowest BCUT2D eigenvalue weighted by atomic mass is 10.4. The summed E-state index contributed by atoms with van der Waals surface area (Å²) in [4.78, 5) is 20.4. The molecule has 2 rings (SSSR count). The Morgan fingerprint density at radius 2 is 2.29 bits per heavy atom. The molecule has 0 bridgehead atoms. The van der Waals surface area contributed by atoms with Crippen molar-refractivity contribution in [1.29, 1.82) is 0 Å². The van der Waals surface area contributed by atoms with Crippen molar-refractivity contribution in [2.75, 3.05) is 12.8 Å². The molecule has 0 saturated carbocycles. The average Bonchev–Trinajstić information content (AvgIpc) is 2.75. The van der Waals surface area contributed by atoms with Gasteiger partial charge < -0.3 is 10.5 Å². The van der Waals surface area contributed by atoms with Gasteiger partial charge in [-0.3, -0.25) is 0 Å². The molecule has 0 amide bonds. The summed E-state index contributed by atoms with van der Waals surface area (Å²) in [6, 6.07) is 0. The van der Waals surface area contributed by atoms with Crippen LogP contribution in [-0.4, -0.2) is 38.0 Å². The number of hydrogen-bond acceptors (Lipinski definition) is 7. The number of rotatable bonds is 2. The van der Waals surface area contributed by atoms with Crippen molar-refractivity contribution in [3.8, 4) is 5.82 Å². The summed E-state index contributed by atoms with van der Waals surface area (Å²) in [5.41, 5.74) is 5.44. The van der Waals surface area contributed by atoms with Crippen molar-refractivity contribution in [3.63, 3.8) is 0 Å². The zero-order chi connectivity index (χ0) is 12.4. The second-order valence-electron chi connectivity index (χ2n) is 2.91. The van der Waals surface area contributed by atoms with Gasteiger partial charge in [-0.05, 0) is 15.9 Å². The van der Waals surface area contributed by atoms with Crippen LogP contribution < -0.4 is 5.73 Å². The molecule has 17 heavy (non-hydrogen) atoms. The van der Waals surface area contributed by atoms with E-state index in [-0.39, 0.29) is 17.3 Å². The number of carbonyl (C=O) groups is 1. The van der Waals surface area contributed by atoms with Crippen molar-refractivity contribution >= 4 is 27.7 Å². The molecule has 0 aliphatic heterocycles. The highest BCUT2D eigenvalue weighted by molar-refractivity contribution is 9.10. The van der Waals surface area contributed by atoms with Crippen LogP contribution in [0.3, 0.4) is 0 Å². The maximum atomic E-state index is 11.4. The summed E-state index contributed by atoms with van der Waals surface area (Å²) in [6.45, 7) is 0. The molecule has 2 aromatic rings. The van der Waals surface area contributed by atoms with Gasteiger partial charge >= 0.3 is 5.97 Å². The lowest BCUT2D eigenvalue weighted by Gasteiger charge is -2.03. The molecule has 9 heteroatoms. The number of carbonyl (C=O) groups excluding carboxylic acids is 1. The number of aromatic nitrogens is 5. The number of nitrogens with two attached hydrogens (primary N) is 1.